The number of ether oxygens (including phenoxy) is 1. The standard InChI is InChI=1S/C12H23NO4/c1-3-4-5-8-11(14)13-10(12(15)16)7-6-9-17-2/h10H,3-9H2,1-2H3,(H,13,14)(H,15,16). The highest BCUT2D eigenvalue weighted by Gasteiger charge is 2.18. The van der Waals surface area contributed by atoms with E-state index in [1.54, 1.807) is 7.11 Å². The van der Waals surface area contributed by atoms with Gasteiger partial charge >= 0.3 is 5.97 Å². The Morgan fingerprint density at radius 3 is 2.53 bits per heavy atom. The van der Waals surface area contributed by atoms with Crippen LogP contribution in [0.1, 0.15) is 45.4 Å². The van der Waals surface area contributed by atoms with Crippen LogP contribution in [0.4, 0.5) is 0 Å². The van der Waals surface area contributed by atoms with Gasteiger partial charge in [0.15, 0.2) is 0 Å². The van der Waals surface area contributed by atoms with Gasteiger partial charge in [0.25, 0.3) is 0 Å². The van der Waals surface area contributed by atoms with E-state index in [1.165, 1.54) is 0 Å². The molecule has 0 spiro atoms. The minimum Gasteiger partial charge on any atom is -0.480 e. The zero-order chi connectivity index (χ0) is 13.1. The van der Waals surface area contributed by atoms with Crippen molar-refractivity contribution in [3.63, 3.8) is 0 Å². The Kier molecular flexibility index (Phi) is 9.43. The number of carbonyl (C=O) groups is 2. The molecule has 5 nitrogen and oxygen atoms in total. The lowest BCUT2D eigenvalue weighted by atomic mass is 10.1. The number of rotatable bonds is 10. The predicted octanol–water partition coefficient (Wildman–Crippen LogP) is 1.56. The number of unbranched alkanes of at least 4 members (excludes halogenated alkanes) is 2. The lowest BCUT2D eigenvalue weighted by molar-refractivity contribution is -0.142. The van der Waals surface area contributed by atoms with E-state index < -0.39 is 12.0 Å². The molecule has 0 rings (SSSR count). The summed E-state index contributed by atoms with van der Waals surface area (Å²) in [5.41, 5.74) is 0. The third kappa shape index (κ3) is 8.68. The first-order valence-electron chi connectivity index (χ1n) is 6.13. The van der Waals surface area contributed by atoms with Gasteiger partial charge in [-0.25, -0.2) is 4.79 Å². The summed E-state index contributed by atoms with van der Waals surface area (Å²) in [6, 6.07) is -0.792. The number of hydrogen-bond acceptors (Lipinski definition) is 3. The molecule has 0 aliphatic heterocycles. The number of amides is 1. The summed E-state index contributed by atoms with van der Waals surface area (Å²) in [4.78, 5) is 22.4. The Morgan fingerprint density at radius 1 is 1.29 bits per heavy atom. The molecule has 100 valence electrons. The second kappa shape index (κ2) is 10.1. The van der Waals surface area contributed by atoms with E-state index in [-0.39, 0.29) is 5.91 Å². The van der Waals surface area contributed by atoms with Crippen LogP contribution in [0.2, 0.25) is 0 Å². The van der Waals surface area contributed by atoms with Crippen molar-refractivity contribution in [1.29, 1.82) is 0 Å². The minimum atomic E-state index is -0.982. The topological polar surface area (TPSA) is 75.6 Å². The highest BCUT2D eigenvalue weighted by atomic mass is 16.5. The van der Waals surface area contributed by atoms with Crippen molar-refractivity contribution in [2.45, 2.75) is 51.5 Å². The minimum absolute atomic E-state index is 0.178. The molecule has 0 bridgehead atoms. The van der Waals surface area contributed by atoms with Gasteiger partial charge in [0.05, 0.1) is 0 Å². The molecule has 5 heteroatoms. The number of hydrogen-bond donors (Lipinski definition) is 2. The van der Waals surface area contributed by atoms with Crippen LogP contribution in [0.15, 0.2) is 0 Å². The Labute approximate surface area is 103 Å². The van der Waals surface area contributed by atoms with E-state index in [1.807, 2.05) is 0 Å². The maximum absolute atomic E-state index is 11.5. The van der Waals surface area contributed by atoms with Crippen LogP contribution in [0, 0.1) is 0 Å². The van der Waals surface area contributed by atoms with Crippen molar-refractivity contribution in [2.24, 2.45) is 0 Å². The molecule has 0 aromatic rings. The lowest BCUT2D eigenvalue weighted by Crippen LogP contribution is -2.40. The fourth-order valence-electron chi connectivity index (χ4n) is 1.49. The Bertz CT molecular complexity index is 231. The molecule has 0 aliphatic rings. The molecule has 17 heavy (non-hydrogen) atoms. The number of aliphatic carboxylic acids is 1. The summed E-state index contributed by atoms with van der Waals surface area (Å²) in [6.45, 7) is 2.57. The van der Waals surface area contributed by atoms with Crippen molar-refractivity contribution in [3.8, 4) is 0 Å². The molecule has 0 heterocycles. The van der Waals surface area contributed by atoms with Crippen molar-refractivity contribution in [2.75, 3.05) is 13.7 Å². The number of methoxy groups -OCH3 is 1. The van der Waals surface area contributed by atoms with Crippen LogP contribution < -0.4 is 5.32 Å². The van der Waals surface area contributed by atoms with Gasteiger partial charge < -0.3 is 15.2 Å². The van der Waals surface area contributed by atoms with Gasteiger partial charge in [-0.05, 0) is 19.3 Å². The van der Waals surface area contributed by atoms with Gasteiger partial charge in [0.1, 0.15) is 6.04 Å². The number of carbonyl (C=O) groups excluding carboxylic acids is 1. The molecule has 1 amide bonds. The number of carboxylic acid groups (broad SMARTS) is 1. The molecule has 1 atom stereocenters. The zero-order valence-corrected chi connectivity index (χ0v) is 10.7. The van der Waals surface area contributed by atoms with E-state index in [0.717, 1.165) is 19.3 Å². The van der Waals surface area contributed by atoms with Gasteiger partial charge in [-0.15, -0.1) is 0 Å². The number of nitrogens with one attached hydrogen (secondary N) is 1. The van der Waals surface area contributed by atoms with Gasteiger partial charge in [0.2, 0.25) is 5.91 Å². The molecule has 0 aromatic heterocycles. The normalized spacial score (nSPS) is 12.1. The van der Waals surface area contributed by atoms with E-state index in [2.05, 4.69) is 12.2 Å². The fourth-order valence-corrected chi connectivity index (χ4v) is 1.49. The summed E-state index contributed by atoms with van der Waals surface area (Å²) in [6.07, 6.45) is 4.29. The highest BCUT2D eigenvalue weighted by molar-refractivity contribution is 5.83. The summed E-state index contributed by atoms with van der Waals surface area (Å²) < 4.78 is 4.85. The van der Waals surface area contributed by atoms with Crippen LogP contribution in [-0.4, -0.2) is 36.7 Å². The maximum Gasteiger partial charge on any atom is 0.326 e. The van der Waals surface area contributed by atoms with Crippen molar-refractivity contribution >= 4 is 11.9 Å². The Morgan fingerprint density at radius 2 is 2.00 bits per heavy atom. The molecule has 0 fully saturated rings. The second-order valence-corrected chi connectivity index (χ2v) is 4.05. The maximum atomic E-state index is 11.5. The summed E-state index contributed by atoms with van der Waals surface area (Å²) >= 11 is 0. The van der Waals surface area contributed by atoms with Gasteiger partial charge in [-0.2, -0.15) is 0 Å². The van der Waals surface area contributed by atoms with E-state index in [9.17, 15) is 9.59 Å². The Hall–Kier alpha value is -1.10. The molecule has 0 aromatic carbocycles. The molecule has 2 N–H and O–H groups in total. The highest BCUT2D eigenvalue weighted by Crippen LogP contribution is 2.02. The molecule has 0 aliphatic carbocycles. The van der Waals surface area contributed by atoms with Crippen LogP contribution in [0.5, 0.6) is 0 Å². The molecular formula is C12H23NO4. The molecule has 0 saturated carbocycles. The predicted molar refractivity (Wildman–Crippen MR) is 64.8 cm³/mol. The average Bonchev–Trinajstić information content (AvgIpc) is 2.28. The fraction of sp³-hybridized carbons (Fsp3) is 0.833. The summed E-state index contributed by atoms with van der Waals surface area (Å²) in [5, 5.41) is 11.5. The lowest BCUT2D eigenvalue weighted by Gasteiger charge is -2.14. The SMILES string of the molecule is CCCCCC(=O)NC(CCCOC)C(=O)O. The van der Waals surface area contributed by atoms with E-state index in [4.69, 9.17) is 9.84 Å². The smallest absolute Gasteiger partial charge is 0.326 e. The first-order chi connectivity index (χ1) is 8.11. The Balaban J connectivity index is 3.89. The molecule has 0 radical (unpaired) electrons. The largest absolute Gasteiger partial charge is 0.480 e. The van der Waals surface area contributed by atoms with Crippen molar-refractivity contribution in [1.82, 2.24) is 5.32 Å². The molecular weight excluding hydrogens is 222 g/mol. The van der Waals surface area contributed by atoms with Gasteiger partial charge in [-0.1, -0.05) is 19.8 Å². The summed E-state index contributed by atoms with van der Waals surface area (Å²) in [7, 11) is 1.57. The summed E-state index contributed by atoms with van der Waals surface area (Å²) in [5.74, 6) is -1.16. The molecule has 1 unspecified atom stereocenters. The number of carboxylic acids is 1. The zero-order valence-electron chi connectivity index (χ0n) is 10.7. The van der Waals surface area contributed by atoms with Gasteiger partial charge in [-0.3, -0.25) is 4.79 Å². The average molecular weight is 245 g/mol. The third-order valence-corrected chi connectivity index (χ3v) is 2.48. The van der Waals surface area contributed by atoms with Gasteiger partial charge in [0, 0.05) is 20.1 Å². The quantitative estimate of drug-likeness (QED) is 0.573. The first-order valence-corrected chi connectivity index (χ1v) is 6.13. The van der Waals surface area contributed by atoms with E-state index >= 15 is 0 Å². The third-order valence-electron chi connectivity index (χ3n) is 2.48. The first kappa shape index (κ1) is 15.9. The molecule has 0 saturated heterocycles. The van der Waals surface area contributed by atoms with Crippen molar-refractivity contribution in [3.05, 3.63) is 0 Å². The van der Waals surface area contributed by atoms with Crippen LogP contribution >= 0.6 is 0 Å². The van der Waals surface area contributed by atoms with E-state index in [0.29, 0.717) is 25.9 Å². The van der Waals surface area contributed by atoms with Crippen LogP contribution in [0.25, 0.3) is 0 Å². The van der Waals surface area contributed by atoms with Crippen LogP contribution in [-0.2, 0) is 14.3 Å². The monoisotopic (exact) mass is 245 g/mol. The van der Waals surface area contributed by atoms with Crippen LogP contribution in [0.3, 0.4) is 0 Å². The van der Waals surface area contributed by atoms with Crippen molar-refractivity contribution < 1.29 is 19.4 Å². The second-order valence-electron chi connectivity index (χ2n) is 4.05.